The highest BCUT2D eigenvalue weighted by Crippen LogP contribution is 2.34. The molecule has 0 saturated heterocycles. The van der Waals surface area contributed by atoms with Gasteiger partial charge in [0.1, 0.15) is 12.1 Å². The van der Waals surface area contributed by atoms with Crippen LogP contribution in [0.1, 0.15) is 31.2 Å². The topological polar surface area (TPSA) is 67.3 Å². The third-order valence-electron chi connectivity index (χ3n) is 6.13. The fourth-order valence-corrected chi connectivity index (χ4v) is 5.23. The van der Waals surface area contributed by atoms with Gasteiger partial charge in [0.25, 0.3) is 0 Å². The van der Waals surface area contributed by atoms with Gasteiger partial charge in [0.2, 0.25) is 0 Å². The van der Waals surface area contributed by atoms with Gasteiger partial charge in [0.15, 0.2) is 5.06 Å². The summed E-state index contributed by atoms with van der Waals surface area (Å²) in [5, 5.41) is 5.15. The summed E-state index contributed by atoms with van der Waals surface area (Å²) in [5.41, 5.74) is 4.22. The lowest BCUT2D eigenvalue weighted by Gasteiger charge is -2.21. The number of fused-ring (bicyclic) bond motifs is 1. The van der Waals surface area contributed by atoms with Crippen molar-refractivity contribution in [3.63, 3.8) is 0 Å². The standard InChI is InChI=1S/C26H23BrN4O2S/c27-23-10-11-24(34-23)33-26(32)31(20-7-8-20)14-16-2-1-3-17(12-16)18-4-9-22-21(13-18)25(29-15-28-22)30-19-5-6-19/h1-4,9-13,15,19-20H,5-8,14H2,(H,28,29,30). The smallest absolute Gasteiger partial charge is 0.399 e. The summed E-state index contributed by atoms with van der Waals surface area (Å²) < 4.78 is 6.58. The summed E-state index contributed by atoms with van der Waals surface area (Å²) in [6.45, 7) is 0.523. The zero-order chi connectivity index (χ0) is 23.1. The molecule has 172 valence electrons. The molecule has 0 spiro atoms. The van der Waals surface area contributed by atoms with Crippen molar-refractivity contribution >= 4 is 50.1 Å². The first kappa shape index (κ1) is 21.6. The highest BCUT2D eigenvalue weighted by Gasteiger charge is 2.34. The minimum Gasteiger partial charge on any atom is -0.399 e. The first-order chi connectivity index (χ1) is 16.6. The van der Waals surface area contributed by atoms with Gasteiger partial charge in [-0.3, -0.25) is 0 Å². The summed E-state index contributed by atoms with van der Waals surface area (Å²) >= 11 is 4.83. The second kappa shape index (κ2) is 9.00. The molecule has 0 aliphatic heterocycles. The van der Waals surface area contributed by atoms with E-state index in [1.165, 1.54) is 24.2 Å². The van der Waals surface area contributed by atoms with Crippen LogP contribution in [-0.4, -0.2) is 33.0 Å². The molecular weight excluding hydrogens is 512 g/mol. The van der Waals surface area contributed by atoms with Gasteiger partial charge >= 0.3 is 6.09 Å². The molecule has 6 nitrogen and oxygen atoms in total. The fourth-order valence-electron chi connectivity index (χ4n) is 4.04. The van der Waals surface area contributed by atoms with E-state index in [2.05, 4.69) is 61.5 Å². The number of carbonyl (C=O) groups excluding carboxylic acids is 1. The van der Waals surface area contributed by atoms with E-state index in [1.807, 2.05) is 29.2 Å². The number of halogens is 1. The molecule has 0 atom stereocenters. The SMILES string of the molecule is O=C(Oc1ccc(Br)s1)N(Cc1cccc(-c2ccc3ncnc(NC4CC4)c3c2)c1)C1CC1. The molecule has 4 aromatic rings. The van der Waals surface area contributed by atoms with Crippen molar-refractivity contribution in [2.75, 3.05) is 5.32 Å². The van der Waals surface area contributed by atoms with E-state index in [-0.39, 0.29) is 12.1 Å². The van der Waals surface area contributed by atoms with Crippen LogP contribution in [0.2, 0.25) is 0 Å². The Bertz CT molecular complexity index is 1370. The molecule has 2 heterocycles. The van der Waals surface area contributed by atoms with E-state index in [0.717, 1.165) is 50.0 Å². The number of nitrogens with one attached hydrogen (secondary N) is 1. The Morgan fingerprint density at radius 3 is 2.68 bits per heavy atom. The Kier molecular flexibility index (Phi) is 5.71. The third-order valence-corrected chi connectivity index (χ3v) is 7.63. The summed E-state index contributed by atoms with van der Waals surface area (Å²) in [4.78, 5) is 23.7. The molecule has 2 aromatic carbocycles. The molecular formula is C26H23BrN4O2S. The predicted molar refractivity (Wildman–Crippen MR) is 138 cm³/mol. The largest absolute Gasteiger partial charge is 0.416 e. The molecule has 6 rings (SSSR count). The number of aromatic nitrogens is 2. The number of thiophene rings is 1. The van der Waals surface area contributed by atoms with Gasteiger partial charge < -0.3 is 15.0 Å². The Balaban J connectivity index is 1.25. The second-order valence-electron chi connectivity index (χ2n) is 8.86. The minimum absolute atomic E-state index is 0.244. The van der Waals surface area contributed by atoms with Gasteiger partial charge in [-0.1, -0.05) is 35.6 Å². The van der Waals surface area contributed by atoms with Gasteiger partial charge in [-0.25, -0.2) is 14.8 Å². The molecule has 2 aliphatic carbocycles. The Morgan fingerprint density at radius 2 is 1.91 bits per heavy atom. The monoisotopic (exact) mass is 534 g/mol. The molecule has 2 saturated carbocycles. The predicted octanol–water partition coefficient (Wildman–Crippen LogP) is 6.86. The van der Waals surface area contributed by atoms with E-state index in [4.69, 9.17) is 4.74 Å². The lowest BCUT2D eigenvalue weighted by Crippen LogP contribution is -2.34. The number of rotatable bonds is 7. The van der Waals surface area contributed by atoms with Gasteiger partial charge in [-0.05, 0) is 88.6 Å². The lowest BCUT2D eigenvalue weighted by atomic mass is 10.0. The number of anilines is 1. The van der Waals surface area contributed by atoms with Crippen LogP contribution >= 0.6 is 27.3 Å². The Labute approximate surface area is 210 Å². The average Bonchev–Trinajstić information content (AvgIpc) is 3.78. The molecule has 0 radical (unpaired) electrons. The van der Waals surface area contributed by atoms with Crippen molar-refractivity contribution in [3.05, 3.63) is 70.3 Å². The number of amides is 1. The number of ether oxygens (including phenoxy) is 1. The van der Waals surface area contributed by atoms with Crippen molar-refractivity contribution in [1.82, 2.24) is 14.9 Å². The number of carbonyl (C=O) groups is 1. The molecule has 34 heavy (non-hydrogen) atoms. The number of nitrogens with zero attached hydrogens (tertiary/aromatic N) is 3. The maximum Gasteiger partial charge on any atom is 0.416 e. The van der Waals surface area contributed by atoms with Crippen LogP contribution in [-0.2, 0) is 6.54 Å². The molecule has 2 aromatic heterocycles. The third kappa shape index (κ3) is 4.79. The molecule has 0 unspecified atom stereocenters. The van der Waals surface area contributed by atoms with E-state index in [1.54, 1.807) is 6.33 Å². The van der Waals surface area contributed by atoms with Crippen LogP contribution in [0.3, 0.4) is 0 Å². The van der Waals surface area contributed by atoms with Crippen molar-refractivity contribution < 1.29 is 9.53 Å². The lowest BCUT2D eigenvalue weighted by molar-refractivity contribution is 0.147. The Hall–Kier alpha value is -2.97. The van der Waals surface area contributed by atoms with Crippen LogP contribution < -0.4 is 10.1 Å². The quantitative estimate of drug-likeness (QED) is 0.280. The zero-order valence-electron chi connectivity index (χ0n) is 18.4. The normalized spacial score (nSPS) is 15.3. The van der Waals surface area contributed by atoms with E-state index in [0.29, 0.717) is 17.6 Å². The van der Waals surface area contributed by atoms with Gasteiger partial charge in [0.05, 0.1) is 9.30 Å². The highest BCUT2D eigenvalue weighted by molar-refractivity contribution is 9.11. The van der Waals surface area contributed by atoms with Crippen LogP contribution in [0.25, 0.3) is 22.0 Å². The van der Waals surface area contributed by atoms with Crippen LogP contribution in [0.4, 0.5) is 10.6 Å². The number of hydrogen-bond donors (Lipinski definition) is 1. The Morgan fingerprint density at radius 1 is 1.06 bits per heavy atom. The van der Waals surface area contributed by atoms with Crippen molar-refractivity contribution in [3.8, 4) is 16.2 Å². The molecule has 2 fully saturated rings. The molecule has 0 bridgehead atoms. The van der Waals surface area contributed by atoms with E-state index in [9.17, 15) is 4.79 Å². The van der Waals surface area contributed by atoms with Gasteiger partial charge in [0, 0.05) is 24.0 Å². The average molecular weight is 535 g/mol. The summed E-state index contributed by atoms with van der Waals surface area (Å²) in [7, 11) is 0. The maximum atomic E-state index is 12.9. The molecule has 2 aliphatic rings. The highest BCUT2D eigenvalue weighted by atomic mass is 79.9. The summed E-state index contributed by atoms with van der Waals surface area (Å²) in [6, 6.07) is 19.1. The van der Waals surface area contributed by atoms with Gasteiger partial charge in [-0.15, -0.1) is 0 Å². The first-order valence-electron chi connectivity index (χ1n) is 11.5. The van der Waals surface area contributed by atoms with Crippen LogP contribution in [0, 0.1) is 0 Å². The number of benzene rings is 2. The van der Waals surface area contributed by atoms with E-state index >= 15 is 0 Å². The van der Waals surface area contributed by atoms with E-state index < -0.39 is 0 Å². The van der Waals surface area contributed by atoms with Crippen molar-refractivity contribution in [2.45, 2.75) is 44.3 Å². The number of hydrogen-bond acceptors (Lipinski definition) is 6. The molecule has 1 N–H and O–H groups in total. The van der Waals surface area contributed by atoms with Crippen LogP contribution in [0.15, 0.2) is 64.7 Å². The van der Waals surface area contributed by atoms with Crippen LogP contribution in [0.5, 0.6) is 5.06 Å². The van der Waals surface area contributed by atoms with Gasteiger partial charge in [-0.2, -0.15) is 0 Å². The summed E-state index contributed by atoms with van der Waals surface area (Å²) in [6.07, 6.45) is 5.75. The van der Waals surface area contributed by atoms with Crippen molar-refractivity contribution in [2.24, 2.45) is 0 Å². The maximum absolute atomic E-state index is 12.9. The zero-order valence-corrected chi connectivity index (χ0v) is 20.8. The molecule has 1 amide bonds. The van der Waals surface area contributed by atoms with Crippen molar-refractivity contribution in [1.29, 1.82) is 0 Å². The fraction of sp³-hybridized carbons (Fsp3) is 0.269. The minimum atomic E-state index is -0.291. The molecule has 8 heteroatoms. The second-order valence-corrected chi connectivity index (χ2v) is 11.3. The summed E-state index contributed by atoms with van der Waals surface area (Å²) in [5.74, 6) is 0.897. The first-order valence-corrected chi connectivity index (χ1v) is 13.1.